The van der Waals surface area contributed by atoms with Crippen molar-refractivity contribution in [2.24, 2.45) is 0 Å². The number of unbranched alkanes of at least 4 members (excludes halogenated alkanes) is 26. The second kappa shape index (κ2) is 42.9. The number of ether oxygens (including phenoxy) is 1. The zero-order chi connectivity index (χ0) is 41.9. The molecule has 0 saturated heterocycles. The van der Waals surface area contributed by atoms with Crippen LogP contribution in [0.5, 0.6) is 0 Å². The molecule has 0 rings (SSSR count). The first-order chi connectivity index (χ1) is 27.8. The van der Waals surface area contributed by atoms with Crippen molar-refractivity contribution < 1.29 is 32.5 Å². The van der Waals surface area contributed by atoms with Gasteiger partial charge in [0.1, 0.15) is 6.10 Å². The smallest absolute Gasteiger partial charge is 0.460 e. The summed E-state index contributed by atoms with van der Waals surface area (Å²) in [6.07, 6.45) is 40.1. The van der Waals surface area contributed by atoms with E-state index >= 15 is 0 Å². The van der Waals surface area contributed by atoms with E-state index in [1.54, 1.807) is 0 Å². The topological polar surface area (TPSA) is 100 Å². The predicted molar refractivity (Wildman–Crippen MR) is 242 cm³/mol. The van der Waals surface area contributed by atoms with Crippen molar-refractivity contribution in [3.8, 4) is 0 Å². The molecule has 338 valence electrons. The number of phosphoric ester groups is 1. The summed E-state index contributed by atoms with van der Waals surface area (Å²) >= 11 is 0. The third-order valence-corrected chi connectivity index (χ3v) is 12.3. The van der Waals surface area contributed by atoms with Gasteiger partial charge in [0.05, 0.1) is 19.8 Å². The van der Waals surface area contributed by atoms with Crippen LogP contribution >= 0.6 is 7.82 Å². The Kier molecular flexibility index (Phi) is 42.0. The van der Waals surface area contributed by atoms with Crippen LogP contribution in [0.15, 0.2) is 12.7 Å². The molecule has 0 aliphatic rings. The maximum absolute atomic E-state index is 13.4. The van der Waals surface area contributed by atoms with E-state index in [0.29, 0.717) is 32.1 Å². The van der Waals surface area contributed by atoms with Gasteiger partial charge in [0.15, 0.2) is 0 Å². The van der Waals surface area contributed by atoms with Gasteiger partial charge < -0.3 is 10.1 Å². The zero-order valence-corrected chi connectivity index (χ0v) is 39.0. The summed E-state index contributed by atoms with van der Waals surface area (Å²) in [6, 6.07) is -0.0196. The number of amides is 1. The molecule has 0 aliphatic carbocycles. The average molecular weight is 828 g/mol. The lowest BCUT2D eigenvalue weighted by Crippen LogP contribution is -2.36. The molecule has 0 spiro atoms. The summed E-state index contributed by atoms with van der Waals surface area (Å²) in [7, 11) is -3.86. The Morgan fingerprint density at radius 3 is 1.42 bits per heavy atom. The molecule has 57 heavy (non-hydrogen) atoms. The molecule has 0 aromatic heterocycles. The molecule has 0 fully saturated rings. The van der Waals surface area contributed by atoms with Crippen molar-refractivity contribution in [3.63, 3.8) is 0 Å². The highest BCUT2D eigenvalue weighted by Crippen LogP contribution is 2.49. The molecule has 0 aliphatic heterocycles. The Balaban J connectivity index is 5.21. The Hall–Kier alpha value is -1.21. The molecule has 0 bridgehead atoms. The molecule has 3 atom stereocenters. The van der Waals surface area contributed by atoms with Crippen LogP contribution in [0.25, 0.3) is 0 Å². The molecule has 0 heterocycles. The minimum Gasteiger partial charge on any atom is -0.460 e. The Morgan fingerprint density at radius 1 is 0.526 bits per heavy atom. The highest BCUT2D eigenvalue weighted by molar-refractivity contribution is 7.48. The molecule has 0 radical (unpaired) electrons. The lowest BCUT2D eigenvalue weighted by molar-refractivity contribution is -0.151. The molecule has 1 N–H and O–H groups in total. The second-order valence-electron chi connectivity index (χ2n) is 16.6. The van der Waals surface area contributed by atoms with E-state index in [1.807, 2.05) is 6.92 Å². The third kappa shape index (κ3) is 38.7. The molecule has 0 aromatic carbocycles. The normalized spacial score (nSPS) is 13.6. The summed E-state index contributed by atoms with van der Waals surface area (Å²) in [6.45, 7) is 12.5. The van der Waals surface area contributed by atoms with Gasteiger partial charge in [-0.15, -0.1) is 6.58 Å². The van der Waals surface area contributed by atoms with Crippen LogP contribution in [0.1, 0.15) is 252 Å². The van der Waals surface area contributed by atoms with Gasteiger partial charge in [0.25, 0.3) is 0 Å². The van der Waals surface area contributed by atoms with Crippen molar-refractivity contribution in [2.45, 2.75) is 265 Å². The van der Waals surface area contributed by atoms with Gasteiger partial charge in [0.2, 0.25) is 5.91 Å². The van der Waals surface area contributed by atoms with E-state index in [4.69, 9.17) is 18.3 Å². The minimum absolute atomic E-state index is 0.0196. The highest BCUT2D eigenvalue weighted by Gasteiger charge is 2.29. The number of hydrogen-bond donors (Lipinski definition) is 1. The quantitative estimate of drug-likeness (QED) is 0.0282. The third-order valence-electron chi connectivity index (χ3n) is 10.9. The fourth-order valence-corrected chi connectivity index (χ4v) is 8.53. The lowest BCUT2D eigenvalue weighted by Gasteiger charge is -2.24. The van der Waals surface area contributed by atoms with Gasteiger partial charge in [-0.2, -0.15) is 0 Å². The summed E-state index contributed by atoms with van der Waals surface area (Å²) in [5.41, 5.74) is 0. The molecular formula is C48H94NO7P. The minimum atomic E-state index is -3.86. The Morgan fingerprint density at radius 2 is 0.965 bits per heavy atom. The van der Waals surface area contributed by atoms with Crippen LogP contribution in [-0.4, -0.2) is 43.8 Å². The average Bonchev–Trinajstić information content (AvgIpc) is 3.20. The number of nitrogens with one attached hydrogen (secondary N) is 1. The number of carbonyl (C=O) groups excluding carboxylic acids is 2. The maximum Gasteiger partial charge on any atom is 0.475 e. The summed E-state index contributed by atoms with van der Waals surface area (Å²) in [5, 5.41) is 3.34. The number of hydrogen-bond acceptors (Lipinski definition) is 7. The number of phosphoric acid groups is 1. The van der Waals surface area contributed by atoms with E-state index in [1.165, 1.54) is 147 Å². The zero-order valence-electron chi connectivity index (χ0n) is 38.1. The van der Waals surface area contributed by atoms with Crippen molar-refractivity contribution in [3.05, 3.63) is 12.7 Å². The van der Waals surface area contributed by atoms with Gasteiger partial charge in [-0.05, 0) is 38.5 Å². The molecule has 1 amide bonds. The van der Waals surface area contributed by atoms with E-state index in [2.05, 4.69) is 32.7 Å². The van der Waals surface area contributed by atoms with Gasteiger partial charge in [-0.1, -0.05) is 207 Å². The van der Waals surface area contributed by atoms with Gasteiger partial charge >= 0.3 is 13.8 Å². The molecular weight excluding hydrogens is 734 g/mol. The van der Waals surface area contributed by atoms with Crippen molar-refractivity contribution in [1.29, 1.82) is 0 Å². The molecule has 9 heteroatoms. The maximum atomic E-state index is 13.4. The summed E-state index contributed by atoms with van der Waals surface area (Å²) in [4.78, 5) is 26.3. The van der Waals surface area contributed by atoms with Crippen LogP contribution < -0.4 is 5.32 Å². The van der Waals surface area contributed by atoms with Crippen LogP contribution in [0.3, 0.4) is 0 Å². The fraction of sp³-hybridized carbons (Fsp3) is 0.917. The monoisotopic (exact) mass is 828 g/mol. The molecule has 0 saturated carbocycles. The molecule has 0 aromatic rings. The predicted octanol–water partition coefficient (Wildman–Crippen LogP) is 15.5. The first kappa shape index (κ1) is 55.8. The molecule has 2 unspecified atom stereocenters. The van der Waals surface area contributed by atoms with Crippen LogP contribution in [0, 0.1) is 0 Å². The standard InChI is InChI=1S/C48H94NO7P/c1-6-11-14-17-20-22-24-26-29-32-35-38-47(50)49-45(37-34-31-28-19-16-13-8-3)40-41-46(44-55-57(52,53-42-9-4)54-43-10-5)56-48(51)39-36-33-30-27-25-23-21-18-15-12-7-2/h9,45-46H,4,6-8,10-44H2,1-3,5H3,(H,49,50)/t45?,46-,57?/m0/s1. The van der Waals surface area contributed by atoms with Crippen LogP contribution in [0.2, 0.25) is 0 Å². The fourth-order valence-electron chi connectivity index (χ4n) is 7.26. The van der Waals surface area contributed by atoms with Crippen molar-refractivity contribution >= 4 is 19.7 Å². The van der Waals surface area contributed by atoms with E-state index in [0.717, 1.165) is 51.4 Å². The Labute approximate surface area is 353 Å². The number of rotatable bonds is 46. The second-order valence-corrected chi connectivity index (χ2v) is 18.3. The van der Waals surface area contributed by atoms with Gasteiger partial charge in [-0.25, -0.2) is 4.57 Å². The lowest BCUT2D eigenvalue weighted by atomic mass is 10.00. The Bertz CT molecular complexity index is 948. The molecule has 8 nitrogen and oxygen atoms in total. The largest absolute Gasteiger partial charge is 0.475 e. The number of esters is 1. The van der Waals surface area contributed by atoms with E-state index < -0.39 is 13.9 Å². The van der Waals surface area contributed by atoms with Gasteiger partial charge in [0, 0.05) is 18.9 Å². The summed E-state index contributed by atoms with van der Waals surface area (Å²) < 4.78 is 36.1. The van der Waals surface area contributed by atoms with Crippen LogP contribution in [0.4, 0.5) is 0 Å². The highest BCUT2D eigenvalue weighted by atomic mass is 31.2. The number of carbonyl (C=O) groups is 2. The van der Waals surface area contributed by atoms with E-state index in [9.17, 15) is 14.2 Å². The van der Waals surface area contributed by atoms with Crippen molar-refractivity contribution in [1.82, 2.24) is 5.32 Å². The first-order valence-corrected chi connectivity index (χ1v) is 25.9. The van der Waals surface area contributed by atoms with Crippen LogP contribution in [-0.2, 0) is 32.5 Å². The van der Waals surface area contributed by atoms with E-state index in [-0.39, 0.29) is 37.7 Å². The van der Waals surface area contributed by atoms with Gasteiger partial charge in [-0.3, -0.25) is 23.2 Å². The SMILES string of the molecule is C=CCOP(=O)(OCCC)OC[C@H](CCC(CCCCCCCCC)NC(=O)CCCCCCCCCCCCC)OC(=O)CCCCCCCCCCCCC. The summed E-state index contributed by atoms with van der Waals surface area (Å²) in [5.74, 6) is -0.157. The van der Waals surface area contributed by atoms with Crippen molar-refractivity contribution in [2.75, 3.05) is 19.8 Å². The first-order valence-electron chi connectivity index (χ1n) is 24.5.